The number of rotatable bonds is 3. The van der Waals surface area contributed by atoms with Crippen molar-refractivity contribution in [2.24, 2.45) is 0 Å². The van der Waals surface area contributed by atoms with E-state index in [9.17, 15) is 0 Å². The monoisotopic (exact) mass is 331 g/mol. The van der Waals surface area contributed by atoms with Gasteiger partial charge in [-0.05, 0) is 28.9 Å². The molecule has 3 nitrogen and oxygen atoms in total. The number of thiazole rings is 1. The molecule has 90 valence electrons. The molecular formula is C11H11BrClN3S. The average molecular weight is 333 g/mol. The summed E-state index contributed by atoms with van der Waals surface area (Å²) in [5.74, 6) is 0.780. The fourth-order valence-electron chi connectivity index (χ4n) is 1.46. The van der Waals surface area contributed by atoms with Gasteiger partial charge in [-0.15, -0.1) is 11.3 Å². The van der Waals surface area contributed by atoms with E-state index in [4.69, 9.17) is 11.6 Å². The molecular weight excluding hydrogens is 322 g/mol. The van der Waals surface area contributed by atoms with Crippen LogP contribution >= 0.6 is 38.9 Å². The second-order valence-corrected chi connectivity index (χ2v) is 5.94. The van der Waals surface area contributed by atoms with Crippen molar-refractivity contribution in [1.82, 2.24) is 9.97 Å². The lowest BCUT2D eigenvalue weighted by molar-refractivity contribution is 0.901. The van der Waals surface area contributed by atoms with Gasteiger partial charge in [0.25, 0.3) is 0 Å². The van der Waals surface area contributed by atoms with Crippen LogP contribution < -0.4 is 4.90 Å². The molecule has 17 heavy (non-hydrogen) atoms. The van der Waals surface area contributed by atoms with Crippen LogP contribution in [0.15, 0.2) is 22.2 Å². The summed E-state index contributed by atoms with van der Waals surface area (Å²) in [5, 5.41) is 0.643. The van der Waals surface area contributed by atoms with Gasteiger partial charge < -0.3 is 4.90 Å². The Balaban J connectivity index is 2.20. The Labute approximate surface area is 118 Å². The van der Waals surface area contributed by atoms with Crippen molar-refractivity contribution < 1.29 is 0 Å². The maximum absolute atomic E-state index is 6.16. The van der Waals surface area contributed by atoms with Crippen molar-refractivity contribution in [3.8, 4) is 0 Å². The van der Waals surface area contributed by atoms with Crippen molar-refractivity contribution in [3.05, 3.63) is 37.8 Å². The lowest BCUT2D eigenvalue weighted by Gasteiger charge is -2.18. The molecule has 0 saturated carbocycles. The predicted octanol–water partition coefficient (Wildman–Crippen LogP) is 3.90. The molecule has 0 aliphatic rings. The number of aryl methyl sites for hydroxylation is 1. The van der Waals surface area contributed by atoms with Crippen LogP contribution in [0.3, 0.4) is 0 Å². The lowest BCUT2D eigenvalue weighted by Crippen LogP contribution is -2.17. The molecule has 0 unspecified atom stereocenters. The zero-order valence-corrected chi connectivity index (χ0v) is 12.6. The Morgan fingerprint density at radius 2 is 2.24 bits per heavy atom. The van der Waals surface area contributed by atoms with E-state index < -0.39 is 0 Å². The number of aromatic nitrogens is 2. The second-order valence-electron chi connectivity index (χ2n) is 3.68. The molecule has 0 aliphatic carbocycles. The number of hydrogen-bond donors (Lipinski definition) is 0. The number of nitrogens with zero attached hydrogens (tertiary/aromatic N) is 3. The molecule has 0 radical (unpaired) electrons. The first-order chi connectivity index (χ1) is 8.08. The Morgan fingerprint density at radius 1 is 1.47 bits per heavy atom. The van der Waals surface area contributed by atoms with Crippen LogP contribution in [0, 0.1) is 6.92 Å². The SMILES string of the molecule is Cc1ncsc1CN(C)c1ncc(Br)cc1Cl. The van der Waals surface area contributed by atoms with Crippen LogP contribution in [0.1, 0.15) is 10.6 Å². The highest BCUT2D eigenvalue weighted by molar-refractivity contribution is 9.10. The summed E-state index contributed by atoms with van der Waals surface area (Å²) < 4.78 is 0.883. The molecule has 6 heteroatoms. The van der Waals surface area contributed by atoms with Crippen LogP contribution in [0.4, 0.5) is 5.82 Å². The van der Waals surface area contributed by atoms with E-state index in [1.165, 1.54) is 4.88 Å². The first-order valence-corrected chi connectivity index (χ1v) is 7.04. The van der Waals surface area contributed by atoms with E-state index in [0.717, 1.165) is 22.5 Å². The van der Waals surface area contributed by atoms with E-state index in [0.29, 0.717) is 5.02 Å². The quantitative estimate of drug-likeness (QED) is 0.853. The van der Waals surface area contributed by atoms with Gasteiger partial charge in [-0.25, -0.2) is 9.97 Å². The van der Waals surface area contributed by atoms with Crippen LogP contribution in [-0.2, 0) is 6.54 Å². The number of halogens is 2. The summed E-state index contributed by atoms with van der Waals surface area (Å²) >= 11 is 11.2. The normalized spacial score (nSPS) is 10.6. The van der Waals surface area contributed by atoms with Gasteiger partial charge in [0.1, 0.15) is 5.82 Å². The van der Waals surface area contributed by atoms with E-state index in [-0.39, 0.29) is 0 Å². The second kappa shape index (κ2) is 5.33. The number of anilines is 1. The van der Waals surface area contributed by atoms with Crippen LogP contribution in [0.5, 0.6) is 0 Å². The molecule has 0 saturated heterocycles. The van der Waals surface area contributed by atoms with Crippen molar-refractivity contribution in [2.75, 3.05) is 11.9 Å². The molecule has 2 heterocycles. The molecule has 0 bridgehead atoms. The Bertz CT molecular complexity index is 529. The molecule has 0 amide bonds. The molecule has 0 aliphatic heterocycles. The van der Waals surface area contributed by atoms with Crippen LogP contribution in [0.2, 0.25) is 5.02 Å². The number of hydrogen-bond acceptors (Lipinski definition) is 4. The Kier molecular flexibility index (Phi) is 4.01. The van der Waals surface area contributed by atoms with Gasteiger partial charge in [-0.3, -0.25) is 0 Å². The summed E-state index contributed by atoms with van der Waals surface area (Å²) in [4.78, 5) is 11.8. The third-order valence-electron chi connectivity index (χ3n) is 2.38. The molecule has 2 aromatic rings. The Hall–Kier alpha value is -0.650. The predicted molar refractivity (Wildman–Crippen MR) is 75.9 cm³/mol. The van der Waals surface area contributed by atoms with Crippen molar-refractivity contribution in [2.45, 2.75) is 13.5 Å². The highest BCUT2D eigenvalue weighted by Gasteiger charge is 2.11. The summed E-state index contributed by atoms with van der Waals surface area (Å²) in [6.45, 7) is 2.78. The lowest BCUT2D eigenvalue weighted by atomic mass is 10.3. The van der Waals surface area contributed by atoms with E-state index >= 15 is 0 Å². The van der Waals surface area contributed by atoms with Crippen molar-refractivity contribution in [3.63, 3.8) is 0 Å². The van der Waals surface area contributed by atoms with Crippen LogP contribution in [-0.4, -0.2) is 17.0 Å². The van der Waals surface area contributed by atoms with Gasteiger partial charge in [0, 0.05) is 22.6 Å². The summed E-state index contributed by atoms with van der Waals surface area (Å²) in [6, 6.07) is 1.85. The fourth-order valence-corrected chi connectivity index (χ4v) is 3.06. The summed E-state index contributed by atoms with van der Waals surface area (Å²) in [5.41, 5.74) is 2.92. The van der Waals surface area contributed by atoms with Gasteiger partial charge in [0.05, 0.1) is 22.8 Å². The molecule has 2 aromatic heterocycles. The van der Waals surface area contributed by atoms with Crippen molar-refractivity contribution in [1.29, 1.82) is 0 Å². The van der Waals surface area contributed by atoms with Gasteiger partial charge in [0.2, 0.25) is 0 Å². The molecule has 0 spiro atoms. The zero-order chi connectivity index (χ0) is 12.4. The molecule has 0 N–H and O–H groups in total. The zero-order valence-electron chi connectivity index (χ0n) is 9.44. The topological polar surface area (TPSA) is 29.0 Å². The molecule has 0 fully saturated rings. The van der Waals surface area contributed by atoms with E-state index in [1.807, 2.05) is 30.4 Å². The molecule has 2 rings (SSSR count). The van der Waals surface area contributed by atoms with Crippen molar-refractivity contribution >= 4 is 44.7 Å². The van der Waals surface area contributed by atoms with E-state index in [2.05, 4.69) is 25.9 Å². The maximum atomic E-state index is 6.16. The smallest absolute Gasteiger partial charge is 0.147 e. The minimum atomic E-state index is 0.643. The van der Waals surface area contributed by atoms with Gasteiger partial charge in [0.15, 0.2) is 0 Å². The largest absolute Gasteiger partial charge is 0.353 e. The first-order valence-electron chi connectivity index (χ1n) is 4.99. The Morgan fingerprint density at radius 3 is 2.82 bits per heavy atom. The minimum Gasteiger partial charge on any atom is -0.353 e. The first kappa shape index (κ1) is 12.8. The summed E-state index contributed by atoms with van der Waals surface area (Å²) in [6.07, 6.45) is 1.75. The van der Waals surface area contributed by atoms with E-state index in [1.54, 1.807) is 17.5 Å². The van der Waals surface area contributed by atoms with Gasteiger partial charge in [-0.1, -0.05) is 11.6 Å². The summed E-state index contributed by atoms with van der Waals surface area (Å²) in [7, 11) is 1.97. The van der Waals surface area contributed by atoms with Gasteiger partial charge in [-0.2, -0.15) is 0 Å². The average Bonchev–Trinajstić information content (AvgIpc) is 2.64. The fraction of sp³-hybridized carbons (Fsp3) is 0.273. The minimum absolute atomic E-state index is 0.643. The van der Waals surface area contributed by atoms with Crippen LogP contribution in [0.25, 0.3) is 0 Å². The highest BCUT2D eigenvalue weighted by Crippen LogP contribution is 2.27. The standard InChI is InChI=1S/C11H11BrClN3S/c1-7-10(17-6-15-7)5-16(2)11-9(13)3-8(12)4-14-11/h3-4,6H,5H2,1-2H3. The third-order valence-corrected chi connectivity index (χ3v) is 4.01. The number of pyridine rings is 1. The van der Waals surface area contributed by atoms with Gasteiger partial charge >= 0.3 is 0 Å². The molecule has 0 aromatic carbocycles. The highest BCUT2D eigenvalue weighted by atomic mass is 79.9. The third kappa shape index (κ3) is 2.97. The maximum Gasteiger partial charge on any atom is 0.147 e. The molecule has 0 atom stereocenters.